The lowest BCUT2D eigenvalue weighted by Crippen LogP contribution is -2.37. The van der Waals surface area contributed by atoms with Crippen LogP contribution in [0, 0.1) is 0 Å². The van der Waals surface area contributed by atoms with Crippen molar-refractivity contribution in [1.82, 2.24) is 23.4 Å². The first-order valence-electron chi connectivity index (χ1n) is 10.7. The lowest BCUT2D eigenvalue weighted by Gasteiger charge is -2.10. The summed E-state index contributed by atoms with van der Waals surface area (Å²) in [5, 5.41) is 2.67. The Labute approximate surface area is 200 Å². The fraction of sp³-hybridized carbons (Fsp3) is 0.217. The predicted molar refractivity (Wildman–Crippen MR) is 131 cm³/mol. The molecule has 11 nitrogen and oxygen atoms in total. The Balaban J connectivity index is 1.41. The number of carbonyl (C=O) groups is 1. The molecule has 4 rings (SSSR count). The molecule has 0 unspecified atom stereocenters. The molecular weight excluding hydrogens is 472 g/mol. The van der Waals surface area contributed by atoms with Crippen LogP contribution in [0.25, 0.3) is 11.2 Å². The van der Waals surface area contributed by atoms with Crippen molar-refractivity contribution in [2.75, 3.05) is 11.9 Å². The lowest BCUT2D eigenvalue weighted by atomic mass is 10.2. The van der Waals surface area contributed by atoms with E-state index in [1.165, 1.54) is 53.8 Å². The topological polar surface area (TPSA) is 137 Å². The lowest BCUT2D eigenvalue weighted by molar-refractivity contribution is -0.116. The SMILES string of the molecule is Cn1c(=O)c2c(ncn2CC(=O)Nc2ccc(S(=O)(=O)NCCc3ccccc3)cc2)n(C)c1=O. The number of nitrogens with one attached hydrogen (secondary N) is 2. The van der Waals surface area contributed by atoms with Crippen LogP contribution in [-0.2, 0) is 41.9 Å². The third-order valence-electron chi connectivity index (χ3n) is 5.53. The first-order chi connectivity index (χ1) is 16.7. The van der Waals surface area contributed by atoms with Gasteiger partial charge in [-0.3, -0.25) is 18.7 Å². The van der Waals surface area contributed by atoms with Gasteiger partial charge < -0.3 is 9.88 Å². The normalized spacial score (nSPS) is 11.6. The van der Waals surface area contributed by atoms with E-state index in [2.05, 4.69) is 15.0 Å². The molecule has 12 heteroatoms. The van der Waals surface area contributed by atoms with Crippen LogP contribution in [0.4, 0.5) is 5.69 Å². The summed E-state index contributed by atoms with van der Waals surface area (Å²) < 4.78 is 31.2. The number of fused-ring (bicyclic) bond motifs is 1. The molecule has 2 aromatic heterocycles. The van der Waals surface area contributed by atoms with Gasteiger partial charge in [-0.25, -0.2) is 22.9 Å². The van der Waals surface area contributed by atoms with Crippen molar-refractivity contribution in [2.24, 2.45) is 14.1 Å². The quantitative estimate of drug-likeness (QED) is 0.366. The molecule has 0 saturated heterocycles. The van der Waals surface area contributed by atoms with Gasteiger partial charge in [0.1, 0.15) is 6.54 Å². The van der Waals surface area contributed by atoms with Crippen molar-refractivity contribution >= 4 is 32.8 Å². The van der Waals surface area contributed by atoms with E-state index in [0.717, 1.165) is 10.1 Å². The van der Waals surface area contributed by atoms with E-state index in [-0.39, 0.29) is 29.1 Å². The number of sulfonamides is 1. The number of imidazole rings is 1. The van der Waals surface area contributed by atoms with Crippen molar-refractivity contribution in [2.45, 2.75) is 17.9 Å². The highest BCUT2D eigenvalue weighted by atomic mass is 32.2. The Bertz CT molecular complexity index is 1600. The molecule has 0 spiro atoms. The first kappa shape index (κ1) is 24.1. The average Bonchev–Trinajstić information content (AvgIpc) is 3.25. The predicted octanol–water partition coefficient (Wildman–Crippen LogP) is 0.593. The molecule has 0 aliphatic carbocycles. The van der Waals surface area contributed by atoms with Crippen LogP contribution in [0.15, 0.2) is 75.4 Å². The van der Waals surface area contributed by atoms with Crippen LogP contribution >= 0.6 is 0 Å². The van der Waals surface area contributed by atoms with E-state index < -0.39 is 27.2 Å². The maximum atomic E-state index is 12.6. The summed E-state index contributed by atoms with van der Waals surface area (Å²) in [4.78, 5) is 41.3. The highest BCUT2D eigenvalue weighted by Crippen LogP contribution is 2.15. The minimum atomic E-state index is -3.70. The molecule has 0 atom stereocenters. The molecule has 0 saturated carbocycles. The molecule has 4 aromatic rings. The number of carbonyl (C=O) groups excluding carboxylic acids is 1. The van der Waals surface area contributed by atoms with Crippen LogP contribution in [0.2, 0.25) is 0 Å². The largest absolute Gasteiger partial charge is 0.332 e. The summed E-state index contributed by atoms with van der Waals surface area (Å²) in [6.45, 7) is 0.0415. The zero-order valence-corrected chi connectivity index (χ0v) is 19.9. The molecule has 2 N–H and O–H groups in total. The van der Waals surface area contributed by atoms with Gasteiger partial charge in [0.05, 0.1) is 11.2 Å². The summed E-state index contributed by atoms with van der Waals surface area (Å²) in [5.74, 6) is -0.447. The van der Waals surface area contributed by atoms with Crippen LogP contribution in [0.5, 0.6) is 0 Å². The number of hydrogen-bond acceptors (Lipinski definition) is 6. The Morgan fingerprint density at radius 3 is 2.34 bits per heavy atom. The van der Waals surface area contributed by atoms with E-state index in [4.69, 9.17) is 0 Å². The monoisotopic (exact) mass is 496 g/mol. The fourth-order valence-electron chi connectivity index (χ4n) is 3.65. The second-order valence-electron chi connectivity index (χ2n) is 7.96. The van der Waals surface area contributed by atoms with Gasteiger partial charge in [-0.2, -0.15) is 0 Å². The summed E-state index contributed by atoms with van der Waals surface area (Å²) in [7, 11) is -0.849. The molecule has 0 radical (unpaired) electrons. The first-order valence-corrected chi connectivity index (χ1v) is 12.2. The van der Waals surface area contributed by atoms with Crippen molar-refractivity contribution < 1.29 is 13.2 Å². The molecule has 0 aliphatic heterocycles. The number of hydrogen-bond donors (Lipinski definition) is 2. The summed E-state index contributed by atoms with van der Waals surface area (Å²) in [6, 6.07) is 15.3. The van der Waals surface area contributed by atoms with Crippen molar-refractivity contribution in [3.8, 4) is 0 Å². The van der Waals surface area contributed by atoms with Gasteiger partial charge in [-0.15, -0.1) is 0 Å². The number of amides is 1. The van der Waals surface area contributed by atoms with Crippen molar-refractivity contribution in [3.05, 3.63) is 87.3 Å². The van der Waals surface area contributed by atoms with Crippen molar-refractivity contribution in [1.29, 1.82) is 0 Å². The third kappa shape index (κ3) is 5.08. The molecular formula is C23H24N6O5S. The number of aromatic nitrogens is 4. The van der Waals surface area contributed by atoms with Crippen LogP contribution < -0.4 is 21.3 Å². The molecule has 35 heavy (non-hydrogen) atoms. The minimum absolute atomic E-state index is 0.0774. The van der Waals surface area contributed by atoms with Gasteiger partial charge >= 0.3 is 5.69 Å². The molecule has 2 heterocycles. The molecule has 0 bridgehead atoms. The number of anilines is 1. The number of benzene rings is 2. The second kappa shape index (κ2) is 9.68. The Hall–Kier alpha value is -4.03. The summed E-state index contributed by atoms with van der Waals surface area (Å²) >= 11 is 0. The third-order valence-corrected chi connectivity index (χ3v) is 7.01. The number of rotatable bonds is 8. The van der Waals surface area contributed by atoms with Gasteiger partial charge in [0.15, 0.2) is 11.2 Å². The van der Waals surface area contributed by atoms with Crippen LogP contribution in [-0.4, -0.2) is 39.6 Å². The molecule has 182 valence electrons. The van der Waals surface area contributed by atoms with Crippen LogP contribution in [0.1, 0.15) is 5.56 Å². The average molecular weight is 497 g/mol. The van der Waals surface area contributed by atoms with E-state index in [1.54, 1.807) is 0 Å². The van der Waals surface area contributed by atoms with Crippen LogP contribution in [0.3, 0.4) is 0 Å². The molecule has 2 aromatic carbocycles. The number of nitrogens with zero attached hydrogens (tertiary/aromatic N) is 4. The zero-order chi connectivity index (χ0) is 25.2. The van der Waals surface area contributed by atoms with Gasteiger partial charge in [0.25, 0.3) is 5.56 Å². The van der Waals surface area contributed by atoms with E-state index >= 15 is 0 Å². The fourth-order valence-corrected chi connectivity index (χ4v) is 4.68. The van der Waals surface area contributed by atoms with Gasteiger partial charge in [0.2, 0.25) is 15.9 Å². The smallest absolute Gasteiger partial charge is 0.325 e. The Morgan fingerprint density at radius 1 is 0.971 bits per heavy atom. The molecule has 1 amide bonds. The van der Waals surface area contributed by atoms with Gasteiger partial charge in [-0.1, -0.05) is 30.3 Å². The summed E-state index contributed by atoms with van der Waals surface area (Å²) in [5.41, 5.74) is 0.666. The van der Waals surface area contributed by atoms with E-state index in [0.29, 0.717) is 12.1 Å². The second-order valence-corrected chi connectivity index (χ2v) is 9.72. The highest BCUT2D eigenvalue weighted by molar-refractivity contribution is 7.89. The molecule has 0 fully saturated rings. The minimum Gasteiger partial charge on any atom is -0.325 e. The maximum Gasteiger partial charge on any atom is 0.332 e. The Kier molecular flexibility index (Phi) is 6.67. The van der Waals surface area contributed by atoms with Crippen molar-refractivity contribution in [3.63, 3.8) is 0 Å². The zero-order valence-electron chi connectivity index (χ0n) is 19.1. The molecule has 0 aliphatic rings. The highest BCUT2D eigenvalue weighted by Gasteiger charge is 2.17. The van der Waals surface area contributed by atoms with E-state index in [9.17, 15) is 22.8 Å². The number of aryl methyl sites for hydroxylation is 1. The summed E-state index contributed by atoms with van der Waals surface area (Å²) in [6.07, 6.45) is 1.89. The standard InChI is InChI=1S/C23H24N6O5S/c1-27-21-20(22(31)28(2)23(27)32)29(15-24-21)14-19(30)26-17-8-10-18(11-9-17)35(33,34)25-13-12-16-6-4-3-5-7-16/h3-11,15,25H,12-14H2,1-2H3,(H,26,30). The maximum absolute atomic E-state index is 12.6. The Morgan fingerprint density at radius 2 is 1.66 bits per heavy atom. The van der Waals surface area contributed by atoms with Gasteiger partial charge in [-0.05, 0) is 36.2 Å². The van der Waals surface area contributed by atoms with Gasteiger partial charge in [0, 0.05) is 26.3 Å². The van der Waals surface area contributed by atoms with E-state index in [1.807, 2.05) is 30.3 Å².